The first-order valence-electron chi connectivity index (χ1n) is 5.95. The van der Waals surface area contributed by atoms with Crippen molar-refractivity contribution >= 4 is 5.69 Å². The van der Waals surface area contributed by atoms with Crippen LogP contribution in [0.1, 0.15) is 33.3 Å². The standard InChI is InChI=1S/C13H19FN2O3/c1-12(2,13(3,4)17)15-8-9-5-6-11(16(18)19)10(14)7-9/h5-7,15,17H,8H2,1-4H3. The van der Waals surface area contributed by atoms with E-state index in [4.69, 9.17) is 0 Å². The fourth-order valence-electron chi connectivity index (χ4n) is 1.35. The molecule has 0 heterocycles. The number of benzene rings is 1. The molecule has 0 bridgehead atoms. The average Bonchev–Trinajstić information content (AvgIpc) is 2.24. The fraction of sp³-hybridized carbons (Fsp3) is 0.538. The van der Waals surface area contributed by atoms with Gasteiger partial charge >= 0.3 is 5.69 Å². The lowest BCUT2D eigenvalue weighted by Crippen LogP contribution is -2.55. The lowest BCUT2D eigenvalue weighted by Gasteiger charge is -2.38. The molecule has 106 valence electrons. The molecule has 0 saturated carbocycles. The van der Waals surface area contributed by atoms with Crippen LogP contribution in [-0.2, 0) is 6.54 Å². The van der Waals surface area contributed by atoms with Gasteiger partial charge in [0.25, 0.3) is 0 Å². The largest absolute Gasteiger partial charge is 0.389 e. The Bertz CT molecular complexity index is 481. The Morgan fingerprint density at radius 1 is 1.37 bits per heavy atom. The predicted molar refractivity (Wildman–Crippen MR) is 70.3 cm³/mol. The van der Waals surface area contributed by atoms with Crippen molar-refractivity contribution in [2.45, 2.75) is 45.4 Å². The SMILES string of the molecule is CC(C)(O)C(C)(C)NCc1ccc([N+](=O)[O-])c(F)c1. The van der Waals surface area contributed by atoms with Crippen molar-refractivity contribution in [2.75, 3.05) is 0 Å². The van der Waals surface area contributed by atoms with Crippen molar-refractivity contribution in [3.05, 3.63) is 39.7 Å². The first-order valence-corrected chi connectivity index (χ1v) is 5.95. The van der Waals surface area contributed by atoms with Crippen molar-refractivity contribution in [1.29, 1.82) is 0 Å². The monoisotopic (exact) mass is 270 g/mol. The molecule has 0 fully saturated rings. The van der Waals surface area contributed by atoms with Crippen LogP contribution in [0, 0.1) is 15.9 Å². The van der Waals surface area contributed by atoms with E-state index in [1.54, 1.807) is 13.8 Å². The van der Waals surface area contributed by atoms with Gasteiger partial charge in [0.05, 0.1) is 10.5 Å². The first kappa shape index (κ1) is 15.5. The van der Waals surface area contributed by atoms with E-state index in [2.05, 4.69) is 5.32 Å². The molecule has 0 aliphatic rings. The Morgan fingerprint density at radius 3 is 2.37 bits per heavy atom. The van der Waals surface area contributed by atoms with Gasteiger partial charge in [-0.25, -0.2) is 0 Å². The van der Waals surface area contributed by atoms with E-state index >= 15 is 0 Å². The number of aliphatic hydroxyl groups is 1. The molecule has 0 atom stereocenters. The third-order valence-corrected chi connectivity index (χ3v) is 3.47. The number of hydrogen-bond donors (Lipinski definition) is 2. The van der Waals surface area contributed by atoms with Gasteiger partial charge in [0.1, 0.15) is 0 Å². The topological polar surface area (TPSA) is 75.4 Å². The maximum atomic E-state index is 13.4. The van der Waals surface area contributed by atoms with Crippen LogP contribution in [0.4, 0.5) is 10.1 Å². The predicted octanol–water partition coefficient (Wildman–Crippen LogP) is 2.37. The maximum Gasteiger partial charge on any atom is 0.304 e. The number of nitro groups is 1. The summed E-state index contributed by atoms with van der Waals surface area (Å²) in [6.45, 7) is 7.32. The van der Waals surface area contributed by atoms with Gasteiger partial charge in [-0.3, -0.25) is 10.1 Å². The van der Waals surface area contributed by atoms with Gasteiger partial charge in [0.15, 0.2) is 0 Å². The lowest BCUT2D eigenvalue weighted by atomic mass is 9.86. The highest BCUT2D eigenvalue weighted by Gasteiger charge is 2.34. The molecule has 5 nitrogen and oxygen atoms in total. The fourth-order valence-corrected chi connectivity index (χ4v) is 1.35. The molecule has 0 saturated heterocycles. The van der Waals surface area contributed by atoms with Gasteiger partial charge in [0.2, 0.25) is 5.82 Å². The second-order valence-electron chi connectivity index (χ2n) is 5.58. The summed E-state index contributed by atoms with van der Waals surface area (Å²) in [7, 11) is 0. The second-order valence-corrected chi connectivity index (χ2v) is 5.58. The van der Waals surface area contributed by atoms with Crippen LogP contribution in [0.5, 0.6) is 0 Å². The van der Waals surface area contributed by atoms with Crippen molar-refractivity contribution in [3.63, 3.8) is 0 Å². The molecule has 0 amide bonds. The van der Waals surface area contributed by atoms with Crippen LogP contribution in [0.3, 0.4) is 0 Å². The van der Waals surface area contributed by atoms with Crippen LogP contribution >= 0.6 is 0 Å². The molecule has 6 heteroatoms. The quantitative estimate of drug-likeness (QED) is 0.636. The Kier molecular flexibility index (Phi) is 4.27. The molecule has 0 unspecified atom stereocenters. The number of halogens is 1. The van der Waals surface area contributed by atoms with Crippen LogP contribution < -0.4 is 5.32 Å². The molecule has 2 N–H and O–H groups in total. The van der Waals surface area contributed by atoms with E-state index in [1.165, 1.54) is 6.07 Å². The normalized spacial score (nSPS) is 12.5. The molecule has 1 rings (SSSR count). The Balaban J connectivity index is 2.80. The molecule has 19 heavy (non-hydrogen) atoms. The third kappa shape index (κ3) is 3.71. The summed E-state index contributed by atoms with van der Waals surface area (Å²) in [6.07, 6.45) is 0. The van der Waals surface area contributed by atoms with Gasteiger partial charge in [0, 0.05) is 18.2 Å². The maximum absolute atomic E-state index is 13.4. The first-order chi connectivity index (χ1) is 8.54. The van der Waals surface area contributed by atoms with E-state index in [1.807, 2.05) is 13.8 Å². The molecular formula is C13H19FN2O3. The van der Waals surface area contributed by atoms with Crippen LogP contribution in [0.25, 0.3) is 0 Å². The molecule has 0 aliphatic heterocycles. The van der Waals surface area contributed by atoms with Crippen molar-refractivity contribution in [1.82, 2.24) is 5.32 Å². The third-order valence-electron chi connectivity index (χ3n) is 3.47. The highest BCUT2D eigenvalue weighted by Crippen LogP contribution is 2.22. The van der Waals surface area contributed by atoms with Gasteiger partial charge in [-0.1, -0.05) is 6.07 Å². The number of nitro benzene ring substituents is 1. The summed E-state index contributed by atoms with van der Waals surface area (Å²) >= 11 is 0. The number of nitrogens with one attached hydrogen (secondary N) is 1. The molecule has 1 aromatic carbocycles. The Hall–Kier alpha value is -1.53. The zero-order chi connectivity index (χ0) is 14.8. The zero-order valence-corrected chi connectivity index (χ0v) is 11.5. The smallest absolute Gasteiger partial charge is 0.304 e. The van der Waals surface area contributed by atoms with Crippen LogP contribution in [0.15, 0.2) is 18.2 Å². The number of hydrogen-bond acceptors (Lipinski definition) is 4. The summed E-state index contributed by atoms with van der Waals surface area (Å²) in [6, 6.07) is 3.77. The van der Waals surface area contributed by atoms with Gasteiger partial charge in [-0.15, -0.1) is 0 Å². The minimum absolute atomic E-state index is 0.311. The summed E-state index contributed by atoms with van der Waals surface area (Å²) in [5.41, 5.74) is -1.48. The van der Waals surface area contributed by atoms with Gasteiger partial charge < -0.3 is 10.4 Å². The number of rotatable bonds is 5. The molecule has 0 spiro atoms. The second kappa shape index (κ2) is 5.22. The average molecular weight is 270 g/mol. The van der Waals surface area contributed by atoms with Crippen molar-refractivity contribution < 1.29 is 14.4 Å². The van der Waals surface area contributed by atoms with Crippen LogP contribution in [0.2, 0.25) is 0 Å². The van der Waals surface area contributed by atoms with Gasteiger partial charge in [-0.2, -0.15) is 4.39 Å². The minimum atomic E-state index is -0.952. The van der Waals surface area contributed by atoms with Crippen molar-refractivity contribution in [3.8, 4) is 0 Å². The van der Waals surface area contributed by atoms with E-state index in [-0.39, 0.29) is 0 Å². The molecule has 0 radical (unpaired) electrons. The van der Waals surface area contributed by atoms with E-state index in [9.17, 15) is 19.6 Å². The van der Waals surface area contributed by atoms with E-state index < -0.39 is 27.6 Å². The minimum Gasteiger partial charge on any atom is -0.389 e. The summed E-state index contributed by atoms with van der Waals surface area (Å²) < 4.78 is 13.4. The van der Waals surface area contributed by atoms with Crippen LogP contribution in [-0.4, -0.2) is 21.2 Å². The van der Waals surface area contributed by atoms with Crippen molar-refractivity contribution in [2.24, 2.45) is 0 Å². The summed E-state index contributed by atoms with van der Waals surface area (Å²) in [5, 5.41) is 23.6. The van der Waals surface area contributed by atoms with Gasteiger partial charge in [-0.05, 0) is 39.3 Å². The van der Waals surface area contributed by atoms with E-state index in [0.717, 1.165) is 12.1 Å². The summed E-state index contributed by atoms with van der Waals surface area (Å²) in [4.78, 5) is 9.74. The highest BCUT2D eigenvalue weighted by molar-refractivity contribution is 5.35. The molecule has 0 aliphatic carbocycles. The summed E-state index contributed by atoms with van der Waals surface area (Å²) in [5.74, 6) is -0.856. The van der Waals surface area contributed by atoms with E-state index in [0.29, 0.717) is 12.1 Å². The Labute approximate surface area is 111 Å². The Morgan fingerprint density at radius 2 is 1.95 bits per heavy atom. The molecule has 0 aromatic heterocycles. The molecule has 1 aromatic rings. The number of nitrogens with zero attached hydrogens (tertiary/aromatic N) is 1. The highest BCUT2D eigenvalue weighted by atomic mass is 19.1. The molecular weight excluding hydrogens is 251 g/mol. The lowest BCUT2D eigenvalue weighted by molar-refractivity contribution is -0.387. The zero-order valence-electron chi connectivity index (χ0n) is 11.5.